The van der Waals surface area contributed by atoms with E-state index in [0.29, 0.717) is 19.1 Å². The Morgan fingerprint density at radius 2 is 2.19 bits per heavy atom. The van der Waals surface area contributed by atoms with Crippen LogP contribution in [0.4, 0.5) is 6.01 Å². The topological polar surface area (TPSA) is 93.2 Å². The summed E-state index contributed by atoms with van der Waals surface area (Å²) in [7, 11) is 0. The summed E-state index contributed by atoms with van der Waals surface area (Å²) < 4.78 is 5.47. The summed E-state index contributed by atoms with van der Waals surface area (Å²) in [5.41, 5.74) is 7.07. The second kappa shape index (κ2) is 8.15. The third kappa shape index (κ3) is 4.67. The fourth-order valence-corrected chi connectivity index (χ4v) is 1.65. The first kappa shape index (κ1) is 16.8. The number of benzene rings is 1. The Kier molecular flexibility index (Phi) is 6.53. The molecule has 7 heteroatoms. The normalized spacial score (nSPS) is 11.2. The summed E-state index contributed by atoms with van der Waals surface area (Å²) >= 11 is 0. The summed E-state index contributed by atoms with van der Waals surface area (Å²) in [5, 5.41) is 5.67. The molecule has 2 aromatic rings. The van der Waals surface area contributed by atoms with E-state index in [9.17, 15) is 4.79 Å². The molecule has 21 heavy (non-hydrogen) atoms. The third-order valence-corrected chi connectivity index (χ3v) is 2.67. The number of nitrogens with one attached hydrogen (secondary N) is 2. The molecule has 6 nitrogen and oxygen atoms in total. The lowest BCUT2D eigenvalue weighted by atomic mass is 10.2. The second-order valence-electron chi connectivity index (χ2n) is 4.22. The maximum absolute atomic E-state index is 11.5. The maximum atomic E-state index is 11.5. The van der Waals surface area contributed by atoms with Crippen molar-refractivity contribution in [2.45, 2.75) is 12.5 Å². The van der Waals surface area contributed by atoms with E-state index < -0.39 is 6.04 Å². The van der Waals surface area contributed by atoms with Gasteiger partial charge in [0.05, 0.1) is 6.04 Å². The predicted molar refractivity (Wildman–Crippen MR) is 84.2 cm³/mol. The SMILES string of the molecule is C#CCC(N)C(=O)NCCNc1nc2ccccc2o1.Cl. The first-order chi connectivity index (χ1) is 9.70. The van der Waals surface area contributed by atoms with E-state index in [1.165, 1.54) is 0 Å². The van der Waals surface area contributed by atoms with Crippen molar-refractivity contribution in [1.82, 2.24) is 10.3 Å². The Labute approximate surface area is 128 Å². The zero-order valence-corrected chi connectivity index (χ0v) is 12.2. The minimum absolute atomic E-state index is 0. The summed E-state index contributed by atoms with van der Waals surface area (Å²) in [5.74, 6) is 2.09. The number of anilines is 1. The highest BCUT2D eigenvalue weighted by Crippen LogP contribution is 2.17. The second-order valence-corrected chi connectivity index (χ2v) is 4.22. The van der Waals surface area contributed by atoms with Gasteiger partial charge in [-0.2, -0.15) is 4.98 Å². The molecule has 1 unspecified atom stereocenters. The van der Waals surface area contributed by atoms with E-state index in [4.69, 9.17) is 16.6 Å². The number of halogens is 1. The molecule has 0 bridgehead atoms. The average molecular weight is 309 g/mol. The van der Waals surface area contributed by atoms with Crippen LogP contribution in [0.15, 0.2) is 28.7 Å². The Balaban J connectivity index is 0.00000220. The molecule has 1 aromatic heterocycles. The van der Waals surface area contributed by atoms with Crippen molar-refractivity contribution in [2.24, 2.45) is 5.73 Å². The van der Waals surface area contributed by atoms with E-state index in [1.807, 2.05) is 24.3 Å². The minimum Gasteiger partial charge on any atom is -0.424 e. The third-order valence-electron chi connectivity index (χ3n) is 2.67. The average Bonchev–Trinajstić information content (AvgIpc) is 2.86. The number of hydrogen-bond acceptors (Lipinski definition) is 5. The largest absolute Gasteiger partial charge is 0.424 e. The number of hydrogen-bond donors (Lipinski definition) is 3. The lowest BCUT2D eigenvalue weighted by Gasteiger charge is -2.09. The van der Waals surface area contributed by atoms with Gasteiger partial charge in [0.15, 0.2) is 5.58 Å². The van der Waals surface area contributed by atoms with E-state index in [1.54, 1.807) is 0 Å². The van der Waals surface area contributed by atoms with E-state index in [-0.39, 0.29) is 24.7 Å². The number of fused-ring (bicyclic) bond motifs is 1. The summed E-state index contributed by atoms with van der Waals surface area (Å²) in [6.45, 7) is 0.900. The molecule has 1 aromatic carbocycles. The van der Waals surface area contributed by atoms with Crippen molar-refractivity contribution >= 4 is 35.4 Å². The highest BCUT2D eigenvalue weighted by Gasteiger charge is 2.10. The number of carbonyl (C=O) groups excluding carboxylic acids is 1. The highest BCUT2D eigenvalue weighted by atomic mass is 35.5. The van der Waals surface area contributed by atoms with Crippen LogP contribution in [0.3, 0.4) is 0 Å². The molecular weight excluding hydrogens is 292 g/mol. The first-order valence-corrected chi connectivity index (χ1v) is 6.27. The fraction of sp³-hybridized carbons (Fsp3) is 0.286. The van der Waals surface area contributed by atoms with Gasteiger partial charge in [0.25, 0.3) is 6.01 Å². The molecule has 0 aliphatic rings. The lowest BCUT2D eigenvalue weighted by Crippen LogP contribution is -2.41. The van der Waals surface area contributed by atoms with Gasteiger partial charge in [-0.1, -0.05) is 12.1 Å². The standard InChI is InChI=1S/C14H16N4O2.ClH/c1-2-5-10(15)13(19)16-8-9-17-14-18-11-6-3-4-7-12(11)20-14;/h1,3-4,6-7,10H,5,8-9,15H2,(H,16,19)(H,17,18);1H. The van der Waals surface area contributed by atoms with Crippen LogP contribution in [0.5, 0.6) is 0 Å². The monoisotopic (exact) mass is 308 g/mol. The Bertz CT molecular complexity index is 602. The maximum Gasteiger partial charge on any atom is 0.295 e. The summed E-state index contributed by atoms with van der Waals surface area (Å²) in [4.78, 5) is 15.7. The zero-order valence-electron chi connectivity index (χ0n) is 11.3. The predicted octanol–water partition coefficient (Wildman–Crippen LogP) is 1.13. The molecule has 0 aliphatic carbocycles. The molecule has 0 saturated heterocycles. The Hall–Kier alpha value is -2.23. The number of nitrogens with two attached hydrogens (primary N) is 1. The molecule has 0 aliphatic heterocycles. The van der Waals surface area contributed by atoms with Gasteiger partial charge in [0, 0.05) is 19.5 Å². The van der Waals surface area contributed by atoms with Crippen molar-refractivity contribution in [3.8, 4) is 12.3 Å². The number of aromatic nitrogens is 1. The molecule has 1 heterocycles. The molecule has 0 spiro atoms. The van der Waals surface area contributed by atoms with Crippen molar-refractivity contribution in [1.29, 1.82) is 0 Å². The van der Waals surface area contributed by atoms with Crippen molar-refractivity contribution in [3.05, 3.63) is 24.3 Å². The summed E-state index contributed by atoms with van der Waals surface area (Å²) in [6, 6.07) is 7.24. The number of amides is 1. The van der Waals surface area contributed by atoms with Crippen LogP contribution in [0.1, 0.15) is 6.42 Å². The smallest absolute Gasteiger partial charge is 0.295 e. The van der Waals surface area contributed by atoms with E-state index >= 15 is 0 Å². The highest BCUT2D eigenvalue weighted by molar-refractivity contribution is 5.85. The van der Waals surface area contributed by atoms with Crippen LogP contribution in [-0.2, 0) is 4.79 Å². The van der Waals surface area contributed by atoms with Gasteiger partial charge in [-0.3, -0.25) is 4.79 Å². The number of oxazole rings is 1. The number of nitrogens with zero attached hydrogens (tertiary/aromatic N) is 1. The Morgan fingerprint density at radius 1 is 1.43 bits per heavy atom. The fourth-order valence-electron chi connectivity index (χ4n) is 1.65. The number of para-hydroxylation sites is 2. The molecule has 0 radical (unpaired) electrons. The van der Waals surface area contributed by atoms with Gasteiger partial charge in [-0.25, -0.2) is 0 Å². The van der Waals surface area contributed by atoms with Gasteiger partial charge >= 0.3 is 0 Å². The molecule has 1 atom stereocenters. The first-order valence-electron chi connectivity index (χ1n) is 6.27. The van der Waals surface area contributed by atoms with Crippen LogP contribution < -0.4 is 16.4 Å². The molecule has 1 amide bonds. The van der Waals surface area contributed by atoms with Crippen LogP contribution in [0, 0.1) is 12.3 Å². The molecule has 112 valence electrons. The lowest BCUT2D eigenvalue weighted by molar-refractivity contribution is -0.122. The molecule has 4 N–H and O–H groups in total. The van der Waals surface area contributed by atoms with Crippen molar-refractivity contribution in [2.75, 3.05) is 18.4 Å². The minimum atomic E-state index is -0.663. The van der Waals surface area contributed by atoms with Crippen LogP contribution in [0.25, 0.3) is 11.1 Å². The quantitative estimate of drug-likeness (QED) is 0.549. The molecule has 0 saturated carbocycles. The van der Waals surface area contributed by atoms with Gasteiger partial charge in [-0.05, 0) is 12.1 Å². The molecule has 2 rings (SSSR count). The van der Waals surface area contributed by atoms with Crippen LogP contribution in [-0.4, -0.2) is 30.0 Å². The summed E-state index contributed by atoms with van der Waals surface area (Å²) in [6.07, 6.45) is 5.32. The van der Waals surface area contributed by atoms with Crippen molar-refractivity contribution < 1.29 is 9.21 Å². The number of carbonyl (C=O) groups is 1. The van der Waals surface area contributed by atoms with E-state index in [0.717, 1.165) is 11.1 Å². The molecular formula is C14H17ClN4O2. The Morgan fingerprint density at radius 3 is 2.90 bits per heavy atom. The number of rotatable bonds is 6. The number of terminal acetylenes is 1. The molecule has 0 fully saturated rings. The van der Waals surface area contributed by atoms with Crippen LogP contribution in [0.2, 0.25) is 0 Å². The zero-order chi connectivity index (χ0) is 14.4. The van der Waals surface area contributed by atoms with Gasteiger partial charge < -0.3 is 20.8 Å². The van der Waals surface area contributed by atoms with Gasteiger partial charge in [0.2, 0.25) is 5.91 Å². The van der Waals surface area contributed by atoms with Crippen LogP contribution >= 0.6 is 12.4 Å². The van der Waals surface area contributed by atoms with E-state index in [2.05, 4.69) is 21.5 Å². The van der Waals surface area contributed by atoms with Gasteiger partial charge in [-0.15, -0.1) is 24.8 Å². The van der Waals surface area contributed by atoms with Gasteiger partial charge in [0.1, 0.15) is 5.52 Å². The van der Waals surface area contributed by atoms with Crippen molar-refractivity contribution in [3.63, 3.8) is 0 Å².